The van der Waals surface area contributed by atoms with Gasteiger partial charge in [-0.1, -0.05) is 30.3 Å². The van der Waals surface area contributed by atoms with Gasteiger partial charge in [-0.05, 0) is 5.56 Å². The summed E-state index contributed by atoms with van der Waals surface area (Å²) < 4.78 is 5.28. The summed E-state index contributed by atoms with van der Waals surface area (Å²) in [7, 11) is 0. The zero-order valence-electron chi connectivity index (χ0n) is 13.4. The van der Waals surface area contributed by atoms with Crippen LogP contribution in [-0.4, -0.2) is 62.7 Å². The van der Waals surface area contributed by atoms with E-state index in [9.17, 15) is 9.59 Å². The molecule has 0 bridgehead atoms. The predicted octanol–water partition coefficient (Wildman–Crippen LogP) is 0.184. The molecule has 1 aromatic carbocycles. The molecule has 0 aromatic heterocycles. The molecule has 1 heterocycles. The van der Waals surface area contributed by atoms with E-state index in [1.807, 2.05) is 30.3 Å². The summed E-state index contributed by atoms with van der Waals surface area (Å²) in [4.78, 5) is 25.7. The lowest BCUT2D eigenvalue weighted by molar-refractivity contribution is -0.122. The van der Waals surface area contributed by atoms with Crippen LogP contribution in [0.3, 0.4) is 0 Å². The van der Waals surface area contributed by atoms with E-state index >= 15 is 0 Å². The van der Waals surface area contributed by atoms with Crippen molar-refractivity contribution in [1.29, 1.82) is 0 Å². The monoisotopic (exact) mass is 319 g/mol. The van der Waals surface area contributed by atoms with Crippen molar-refractivity contribution in [2.75, 3.05) is 45.9 Å². The normalized spacial score (nSPS) is 15.1. The quantitative estimate of drug-likeness (QED) is 0.717. The fraction of sp³-hybridized carbons (Fsp3) is 0.529. The number of carbonyl (C=O) groups is 2. The van der Waals surface area contributed by atoms with Crippen LogP contribution in [0.25, 0.3) is 0 Å². The first kappa shape index (κ1) is 17.4. The van der Waals surface area contributed by atoms with Gasteiger partial charge in [0.1, 0.15) is 0 Å². The topological polar surface area (TPSA) is 70.7 Å². The van der Waals surface area contributed by atoms with Crippen LogP contribution in [0.4, 0.5) is 0 Å². The van der Waals surface area contributed by atoms with E-state index in [1.54, 1.807) is 0 Å². The predicted molar refractivity (Wildman–Crippen MR) is 88.0 cm³/mol. The van der Waals surface area contributed by atoms with Gasteiger partial charge in [0.25, 0.3) is 0 Å². The lowest BCUT2D eigenvalue weighted by Crippen LogP contribution is -2.41. The minimum absolute atomic E-state index is 0.0294. The van der Waals surface area contributed by atoms with E-state index in [1.165, 1.54) is 0 Å². The molecule has 1 aliphatic rings. The number of nitrogens with zero attached hydrogens (tertiary/aromatic N) is 1. The Morgan fingerprint density at radius 2 is 1.70 bits per heavy atom. The molecule has 0 unspecified atom stereocenters. The Bertz CT molecular complexity index is 487. The van der Waals surface area contributed by atoms with Crippen molar-refractivity contribution in [1.82, 2.24) is 15.5 Å². The number of rotatable bonds is 8. The zero-order valence-corrected chi connectivity index (χ0v) is 13.4. The van der Waals surface area contributed by atoms with Gasteiger partial charge in [-0.25, -0.2) is 0 Å². The molecule has 2 N–H and O–H groups in total. The summed E-state index contributed by atoms with van der Waals surface area (Å²) in [6.45, 7) is 5.22. The molecule has 23 heavy (non-hydrogen) atoms. The van der Waals surface area contributed by atoms with Crippen molar-refractivity contribution < 1.29 is 14.3 Å². The number of hydrogen-bond acceptors (Lipinski definition) is 4. The van der Waals surface area contributed by atoms with Crippen LogP contribution in [0.5, 0.6) is 0 Å². The Hall–Kier alpha value is -1.92. The molecular weight excluding hydrogens is 294 g/mol. The van der Waals surface area contributed by atoms with Crippen molar-refractivity contribution in [3.8, 4) is 0 Å². The summed E-state index contributed by atoms with van der Waals surface area (Å²) in [5, 5.41) is 5.66. The highest BCUT2D eigenvalue weighted by Crippen LogP contribution is 1.99. The molecule has 1 saturated heterocycles. The Kier molecular flexibility index (Phi) is 7.56. The molecule has 0 radical (unpaired) electrons. The molecule has 0 aliphatic carbocycles. The molecule has 6 heteroatoms. The van der Waals surface area contributed by atoms with E-state index < -0.39 is 0 Å². The third kappa shape index (κ3) is 7.25. The van der Waals surface area contributed by atoms with Gasteiger partial charge in [0.15, 0.2) is 0 Å². The van der Waals surface area contributed by atoms with Gasteiger partial charge < -0.3 is 15.4 Å². The van der Waals surface area contributed by atoms with Crippen LogP contribution in [0, 0.1) is 0 Å². The average Bonchev–Trinajstić information content (AvgIpc) is 2.57. The molecule has 0 saturated carbocycles. The summed E-state index contributed by atoms with van der Waals surface area (Å²) in [6.07, 6.45) is 0.656. The summed E-state index contributed by atoms with van der Waals surface area (Å²) in [5.74, 6) is -0.0874. The van der Waals surface area contributed by atoms with Crippen molar-refractivity contribution in [3.05, 3.63) is 35.9 Å². The number of morpholine rings is 1. The first-order chi connectivity index (χ1) is 11.2. The fourth-order valence-corrected chi connectivity index (χ4v) is 2.43. The Morgan fingerprint density at radius 1 is 1.00 bits per heavy atom. The molecule has 0 spiro atoms. The maximum Gasteiger partial charge on any atom is 0.224 e. The third-order valence-electron chi connectivity index (χ3n) is 3.74. The van der Waals surface area contributed by atoms with Crippen LogP contribution >= 0.6 is 0 Å². The smallest absolute Gasteiger partial charge is 0.224 e. The van der Waals surface area contributed by atoms with Crippen molar-refractivity contribution in [2.24, 2.45) is 0 Å². The second-order valence-electron chi connectivity index (χ2n) is 5.57. The lowest BCUT2D eigenvalue weighted by Gasteiger charge is -2.26. The van der Waals surface area contributed by atoms with E-state index in [0.29, 0.717) is 25.9 Å². The molecule has 2 amide bonds. The molecular formula is C17H25N3O3. The minimum atomic E-state index is -0.0580. The van der Waals surface area contributed by atoms with Gasteiger partial charge in [-0.15, -0.1) is 0 Å². The second-order valence-corrected chi connectivity index (χ2v) is 5.57. The number of carbonyl (C=O) groups excluding carboxylic acids is 2. The van der Waals surface area contributed by atoms with Gasteiger partial charge >= 0.3 is 0 Å². The van der Waals surface area contributed by atoms with Gasteiger partial charge in [0, 0.05) is 39.1 Å². The van der Waals surface area contributed by atoms with Crippen molar-refractivity contribution in [2.45, 2.75) is 12.8 Å². The fourth-order valence-electron chi connectivity index (χ4n) is 2.43. The average molecular weight is 319 g/mol. The van der Waals surface area contributed by atoms with Gasteiger partial charge in [-0.3, -0.25) is 14.5 Å². The minimum Gasteiger partial charge on any atom is -0.379 e. The largest absolute Gasteiger partial charge is 0.379 e. The highest BCUT2D eigenvalue weighted by molar-refractivity contribution is 5.80. The molecule has 6 nitrogen and oxygen atoms in total. The summed E-state index contributed by atoms with van der Waals surface area (Å²) in [5.41, 5.74) is 0.972. The Balaban J connectivity index is 1.51. The Labute approximate surface area is 137 Å². The number of hydrogen-bond donors (Lipinski definition) is 2. The Morgan fingerprint density at radius 3 is 2.43 bits per heavy atom. The number of amides is 2. The molecule has 0 atom stereocenters. The zero-order chi connectivity index (χ0) is 16.3. The van der Waals surface area contributed by atoms with Crippen LogP contribution in [-0.2, 0) is 20.7 Å². The number of nitrogens with one attached hydrogen (secondary N) is 2. The molecule has 1 aliphatic heterocycles. The SMILES string of the molecule is O=C(CCNC(=O)Cc1ccccc1)NCCN1CCOCC1. The maximum atomic E-state index is 11.8. The molecule has 1 aromatic rings. The maximum absolute atomic E-state index is 11.8. The summed E-state index contributed by atoms with van der Waals surface area (Å²) in [6, 6.07) is 9.56. The molecule has 126 valence electrons. The van der Waals surface area contributed by atoms with E-state index in [-0.39, 0.29) is 11.8 Å². The van der Waals surface area contributed by atoms with Crippen LogP contribution < -0.4 is 10.6 Å². The van der Waals surface area contributed by atoms with Gasteiger partial charge in [0.05, 0.1) is 19.6 Å². The highest BCUT2D eigenvalue weighted by Gasteiger charge is 2.10. The number of ether oxygens (including phenoxy) is 1. The first-order valence-electron chi connectivity index (χ1n) is 8.11. The molecule has 2 rings (SSSR count). The van der Waals surface area contributed by atoms with Crippen molar-refractivity contribution >= 4 is 11.8 Å². The van der Waals surface area contributed by atoms with Crippen molar-refractivity contribution in [3.63, 3.8) is 0 Å². The molecule has 1 fully saturated rings. The van der Waals surface area contributed by atoms with Gasteiger partial charge in [-0.2, -0.15) is 0 Å². The lowest BCUT2D eigenvalue weighted by atomic mass is 10.1. The number of benzene rings is 1. The van der Waals surface area contributed by atoms with E-state index in [2.05, 4.69) is 15.5 Å². The summed E-state index contributed by atoms with van der Waals surface area (Å²) >= 11 is 0. The van der Waals surface area contributed by atoms with E-state index in [0.717, 1.165) is 38.4 Å². The third-order valence-corrected chi connectivity index (χ3v) is 3.74. The highest BCUT2D eigenvalue weighted by atomic mass is 16.5. The van der Waals surface area contributed by atoms with Crippen LogP contribution in [0.2, 0.25) is 0 Å². The van der Waals surface area contributed by atoms with Crippen LogP contribution in [0.15, 0.2) is 30.3 Å². The first-order valence-corrected chi connectivity index (χ1v) is 8.11. The standard InChI is InChI=1S/C17H25N3O3/c21-16(19-8-9-20-10-12-23-13-11-20)6-7-18-17(22)14-15-4-2-1-3-5-15/h1-5H,6-14H2,(H,18,22)(H,19,21). The van der Waals surface area contributed by atoms with Crippen LogP contribution in [0.1, 0.15) is 12.0 Å². The van der Waals surface area contributed by atoms with E-state index in [4.69, 9.17) is 4.74 Å². The second kappa shape index (κ2) is 9.97. The van der Waals surface area contributed by atoms with Gasteiger partial charge in [0.2, 0.25) is 11.8 Å².